The van der Waals surface area contributed by atoms with Gasteiger partial charge in [-0.25, -0.2) is 0 Å². The van der Waals surface area contributed by atoms with Crippen LogP contribution in [0.3, 0.4) is 0 Å². The predicted octanol–water partition coefficient (Wildman–Crippen LogP) is 2.84. The van der Waals surface area contributed by atoms with Crippen LogP contribution in [0, 0.1) is 12.8 Å². The van der Waals surface area contributed by atoms with E-state index in [1.807, 2.05) is 36.1 Å². The van der Waals surface area contributed by atoms with E-state index >= 15 is 0 Å². The Morgan fingerprint density at radius 1 is 1.06 bits per heavy atom. The number of alkyl halides is 1. The number of rotatable bonds is 4. The first-order valence-corrected chi connectivity index (χ1v) is 11.7. The number of ketones is 1. The molecule has 1 amide bonds. The van der Waals surface area contributed by atoms with Crippen molar-refractivity contribution in [3.8, 4) is 0 Å². The number of ether oxygens (including phenoxy) is 2. The number of Topliss-reactive ketones (excluding diaryl/α,β-unsaturated/α-hetero) is 1. The highest BCUT2D eigenvalue weighted by molar-refractivity contribution is 6.21. The summed E-state index contributed by atoms with van der Waals surface area (Å²) in [6.45, 7) is 6.50. The maximum Gasteiger partial charge on any atom is 0.290 e. The lowest BCUT2D eigenvalue weighted by Gasteiger charge is -2.37. The number of benzene rings is 1. The van der Waals surface area contributed by atoms with Crippen molar-refractivity contribution >= 4 is 23.3 Å². The summed E-state index contributed by atoms with van der Waals surface area (Å²) in [7, 11) is 0. The van der Waals surface area contributed by atoms with Crippen LogP contribution in [0.4, 0.5) is 0 Å². The molecule has 4 atom stereocenters. The predicted molar refractivity (Wildman–Crippen MR) is 117 cm³/mol. The van der Waals surface area contributed by atoms with E-state index in [2.05, 4.69) is 4.90 Å². The lowest BCUT2D eigenvalue weighted by atomic mass is 9.77. The molecular weight excluding hydrogens is 416 g/mol. The third-order valence-corrected chi connectivity index (χ3v) is 7.43. The van der Waals surface area contributed by atoms with Gasteiger partial charge in [0.1, 0.15) is 6.10 Å². The van der Waals surface area contributed by atoms with Crippen molar-refractivity contribution in [1.29, 1.82) is 0 Å². The second-order valence-electron chi connectivity index (χ2n) is 9.05. The SMILES string of the molecule is Cc1ccc(C2C3=C(OC4CCC(Cl)CC4C3=O)C(=O)N2CCN2CCOCC2)cc1. The van der Waals surface area contributed by atoms with E-state index in [9.17, 15) is 9.59 Å². The molecule has 0 aromatic heterocycles. The normalized spacial score (nSPS) is 31.5. The molecule has 6 nitrogen and oxygen atoms in total. The van der Waals surface area contributed by atoms with Gasteiger partial charge in [-0.2, -0.15) is 0 Å². The summed E-state index contributed by atoms with van der Waals surface area (Å²) in [6.07, 6.45) is 1.92. The smallest absolute Gasteiger partial charge is 0.290 e. The summed E-state index contributed by atoms with van der Waals surface area (Å²) < 4.78 is 11.7. The van der Waals surface area contributed by atoms with Gasteiger partial charge in [-0.1, -0.05) is 29.8 Å². The topological polar surface area (TPSA) is 59.1 Å². The van der Waals surface area contributed by atoms with Crippen LogP contribution in [0.2, 0.25) is 0 Å². The van der Waals surface area contributed by atoms with Crippen LogP contribution in [0.15, 0.2) is 35.6 Å². The Morgan fingerprint density at radius 3 is 2.55 bits per heavy atom. The number of hydrogen-bond donors (Lipinski definition) is 0. The lowest BCUT2D eigenvalue weighted by molar-refractivity contribution is -0.135. The van der Waals surface area contributed by atoms with E-state index in [0.29, 0.717) is 31.8 Å². The number of carbonyl (C=O) groups excluding carboxylic acids is 2. The molecule has 1 aromatic carbocycles. The zero-order valence-electron chi connectivity index (χ0n) is 17.9. The Hall–Kier alpha value is -1.89. The van der Waals surface area contributed by atoms with Crippen molar-refractivity contribution in [2.75, 3.05) is 39.4 Å². The van der Waals surface area contributed by atoms with Crippen LogP contribution in [0.5, 0.6) is 0 Å². The molecule has 31 heavy (non-hydrogen) atoms. The molecule has 7 heteroatoms. The van der Waals surface area contributed by atoms with Gasteiger partial charge >= 0.3 is 0 Å². The molecule has 3 heterocycles. The number of aryl methyl sites for hydroxylation is 1. The highest BCUT2D eigenvalue weighted by atomic mass is 35.5. The molecule has 1 saturated heterocycles. The second kappa shape index (κ2) is 8.57. The fourth-order valence-corrected chi connectivity index (χ4v) is 5.58. The van der Waals surface area contributed by atoms with Gasteiger partial charge in [0.25, 0.3) is 5.91 Å². The van der Waals surface area contributed by atoms with Crippen molar-refractivity contribution in [3.63, 3.8) is 0 Å². The van der Waals surface area contributed by atoms with Gasteiger partial charge in [0.15, 0.2) is 11.5 Å². The minimum absolute atomic E-state index is 0.0108. The van der Waals surface area contributed by atoms with Crippen molar-refractivity contribution in [2.45, 2.75) is 43.7 Å². The van der Waals surface area contributed by atoms with E-state index in [1.54, 1.807) is 0 Å². The largest absolute Gasteiger partial charge is 0.483 e. The Bertz CT molecular complexity index is 893. The monoisotopic (exact) mass is 444 g/mol. The van der Waals surface area contributed by atoms with Gasteiger partial charge in [0.05, 0.1) is 30.7 Å². The second-order valence-corrected chi connectivity index (χ2v) is 9.66. The molecule has 1 aliphatic carbocycles. The van der Waals surface area contributed by atoms with Crippen LogP contribution in [0.1, 0.15) is 36.4 Å². The first kappa shape index (κ1) is 21.0. The summed E-state index contributed by atoms with van der Waals surface area (Å²) >= 11 is 6.39. The van der Waals surface area contributed by atoms with Gasteiger partial charge in [0, 0.05) is 31.6 Å². The van der Waals surface area contributed by atoms with Crippen molar-refractivity contribution in [1.82, 2.24) is 9.80 Å². The van der Waals surface area contributed by atoms with E-state index in [-0.39, 0.29) is 34.8 Å². The number of halogens is 1. The highest BCUT2D eigenvalue weighted by Gasteiger charge is 2.52. The zero-order chi connectivity index (χ0) is 21.5. The third-order valence-electron chi connectivity index (χ3n) is 7.03. The number of amides is 1. The summed E-state index contributed by atoms with van der Waals surface area (Å²) in [4.78, 5) is 31.2. The Morgan fingerprint density at radius 2 is 1.81 bits per heavy atom. The quantitative estimate of drug-likeness (QED) is 0.668. The number of carbonyl (C=O) groups is 2. The Balaban J connectivity index is 1.47. The number of morpholine rings is 1. The molecule has 2 fully saturated rings. The average molecular weight is 445 g/mol. The molecule has 0 spiro atoms. The van der Waals surface area contributed by atoms with E-state index in [4.69, 9.17) is 21.1 Å². The summed E-state index contributed by atoms with van der Waals surface area (Å²) in [5.74, 6) is -0.0974. The molecule has 166 valence electrons. The molecule has 1 aromatic rings. The summed E-state index contributed by atoms with van der Waals surface area (Å²) in [5, 5.41) is -0.0108. The first-order valence-electron chi connectivity index (χ1n) is 11.3. The van der Waals surface area contributed by atoms with Gasteiger partial charge in [-0.05, 0) is 31.7 Å². The molecule has 0 radical (unpaired) electrons. The molecule has 1 saturated carbocycles. The number of hydrogen-bond acceptors (Lipinski definition) is 5. The Labute approximate surface area is 188 Å². The van der Waals surface area contributed by atoms with Crippen LogP contribution >= 0.6 is 11.6 Å². The molecule has 5 rings (SSSR count). The molecule has 0 bridgehead atoms. The van der Waals surface area contributed by atoms with Crippen molar-refractivity contribution in [3.05, 3.63) is 46.7 Å². The fourth-order valence-electron chi connectivity index (χ4n) is 5.26. The number of nitrogens with zero attached hydrogens (tertiary/aromatic N) is 2. The summed E-state index contributed by atoms with van der Waals surface area (Å²) in [6, 6.07) is 7.72. The molecule has 3 aliphatic heterocycles. The number of fused-ring (bicyclic) bond motifs is 1. The summed E-state index contributed by atoms with van der Waals surface area (Å²) in [5.41, 5.74) is 2.63. The van der Waals surface area contributed by atoms with Crippen molar-refractivity contribution < 1.29 is 19.1 Å². The molecule has 4 aliphatic rings. The van der Waals surface area contributed by atoms with Gasteiger partial charge < -0.3 is 14.4 Å². The van der Waals surface area contributed by atoms with E-state index in [0.717, 1.165) is 43.6 Å². The van der Waals surface area contributed by atoms with Gasteiger partial charge in [0.2, 0.25) is 0 Å². The average Bonchev–Trinajstić information content (AvgIpc) is 3.06. The van der Waals surface area contributed by atoms with E-state index < -0.39 is 6.04 Å². The third kappa shape index (κ3) is 3.90. The van der Waals surface area contributed by atoms with E-state index in [1.165, 1.54) is 0 Å². The maximum atomic E-state index is 13.6. The highest BCUT2D eigenvalue weighted by Crippen LogP contribution is 2.47. The van der Waals surface area contributed by atoms with Crippen LogP contribution in [-0.4, -0.2) is 72.4 Å². The molecule has 0 N–H and O–H groups in total. The maximum absolute atomic E-state index is 13.6. The minimum atomic E-state index is -0.395. The standard InChI is InChI=1S/C24H29ClN2O4/c1-15-2-4-16(5-3-15)21-20-22(28)18-14-17(25)6-7-19(18)31-23(20)24(29)27(21)9-8-26-10-12-30-13-11-26/h2-5,17-19,21H,6-14H2,1H3. The zero-order valence-corrected chi connectivity index (χ0v) is 18.6. The fraction of sp³-hybridized carbons (Fsp3) is 0.583. The lowest BCUT2D eigenvalue weighted by Crippen LogP contribution is -2.43. The van der Waals surface area contributed by atoms with Crippen LogP contribution in [0.25, 0.3) is 0 Å². The van der Waals surface area contributed by atoms with Crippen LogP contribution in [-0.2, 0) is 19.1 Å². The first-order chi connectivity index (χ1) is 15.0. The Kier molecular flexibility index (Phi) is 5.80. The molecule has 4 unspecified atom stereocenters. The minimum Gasteiger partial charge on any atom is -0.483 e. The molecular formula is C24H29ClN2O4. The van der Waals surface area contributed by atoms with Crippen molar-refractivity contribution in [2.24, 2.45) is 5.92 Å². The van der Waals surface area contributed by atoms with Gasteiger partial charge in [-0.3, -0.25) is 14.5 Å². The van der Waals surface area contributed by atoms with Gasteiger partial charge in [-0.15, -0.1) is 11.6 Å². The van der Waals surface area contributed by atoms with Crippen LogP contribution < -0.4 is 0 Å².